The molecule has 0 aliphatic carbocycles. The molecule has 1 aliphatic heterocycles. The third-order valence-electron chi connectivity index (χ3n) is 3.74. The number of aryl methyl sites for hydroxylation is 1. The van der Waals surface area contributed by atoms with E-state index in [-0.39, 0.29) is 12.5 Å². The van der Waals surface area contributed by atoms with Gasteiger partial charge in [0.25, 0.3) is 5.91 Å². The van der Waals surface area contributed by atoms with Gasteiger partial charge in [0.1, 0.15) is 0 Å². The first-order chi connectivity index (χ1) is 9.41. The molecule has 20 heavy (non-hydrogen) atoms. The summed E-state index contributed by atoms with van der Waals surface area (Å²) < 4.78 is 22.8. The molecule has 6 heteroatoms. The van der Waals surface area contributed by atoms with E-state index in [0.717, 1.165) is 6.42 Å². The zero-order chi connectivity index (χ0) is 14.8. The number of rotatable bonds is 3. The molecule has 1 aromatic carbocycles. The summed E-state index contributed by atoms with van der Waals surface area (Å²) in [5.41, 5.74) is 1.76. The van der Waals surface area contributed by atoms with Crippen LogP contribution in [0.15, 0.2) is 24.3 Å². The number of likely N-dealkylation sites (tertiary alicyclic amines) is 1. The van der Waals surface area contributed by atoms with Crippen molar-refractivity contribution >= 4 is 15.9 Å². The zero-order valence-corrected chi connectivity index (χ0v) is 12.4. The van der Waals surface area contributed by atoms with Gasteiger partial charge in [-0.05, 0) is 37.0 Å². The summed E-state index contributed by atoms with van der Waals surface area (Å²) in [5.74, 6) is -0.124. The van der Waals surface area contributed by atoms with Gasteiger partial charge in [0.15, 0.2) is 0 Å². The normalized spacial score (nSPS) is 19.9. The Morgan fingerprint density at radius 2 is 2.00 bits per heavy atom. The van der Waals surface area contributed by atoms with Crippen molar-refractivity contribution in [3.8, 4) is 0 Å². The fourth-order valence-corrected chi connectivity index (χ4v) is 3.34. The Morgan fingerprint density at radius 1 is 1.35 bits per heavy atom. The van der Waals surface area contributed by atoms with E-state index in [1.807, 2.05) is 12.1 Å². The maximum atomic E-state index is 12.4. The lowest BCUT2D eigenvalue weighted by Gasteiger charge is -2.31. The van der Waals surface area contributed by atoms with Crippen molar-refractivity contribution < 1.29 is 13.2 Å². The largest absolute Gasteiger partial charge is 0.337 e. The van der Waals surface area contributed by atoms with Crippen LogP contribution >= 0.6 is 0 Å². The SMILES string of the molecule is CCc1ccc(C(=O)N2CCCC(S(N)(=O)=O)C2)cc1. The average molecular weight is 296 g/mol. The molecule has 0 spiro atoms. The van der Waals surface area contributed by atoms with Crippen LogP contribution < -0.4 is 5.14 Å². The average Bonchev–Trinajstić information content (AvgIpc) is 2.46. The number of hydrogen-bond acceptors (Lipinski definition) is 3. The molecule has 2 rings (SSSR count). The van der Waals surface area contributed by atoms with Crippen LogP contribution in [0.3, 0.4) is 0 Å². The first-order valence-corrected chi connectivity index (χ1v) is 8.42. The second-order valence-electron chi connectivity index (χ2n) is 5.15. The van der Waals surface area contributed by atoms with E-state index in [4.69, 9.17) is 5.14 Å². The highest BCUT2D eigenvalue weighted by molar-refractivity contribution is 7.89. The van der Waals surface area contributed by atoms with Crippen molar-refractivity contribution in [1.82, 2.24) is 4.90 Å². The van der Waals surface area contributed by atoms with E-state index in [2.05, 4.69) is 6.92 Å². The Balaban J connectivity index is 2.12. The van der Waals surface area contributed by atoms with Gasteiger partial charge in [-0.1, -0.05) is 19.1 Å². The van der Waals surface area contributed by atoms with Gasteiger partial charge >= 0.3 is 0 Å². The van der Waals surface area contributed by atoms with Crippen molar-refractivity contribution in [3.05, 3.63) is 35.4 Å². The molecule has 1 saturated heterocycles. The minimum absolute atomic E-state index is 0.124. The molecule has 0 bridgehead atoms. The van der Waals surface area contributed by atoms with E-state index < -0.39 is 15.3 Å². The van der Waals surface area contributed by atoms with Gasteiger partial charge in [-0.15, -0.1) is 0 Å². The number of piperidine rings is 1. The Hall–Kier alpha value is -1.40. The van der Waals surface area contributed by atoms with Crippen molar-refractivity contribution in [2.45, 2.75) is 31.4 Å². The number of carbonyl (C=O) groups is 1. The topological polar surface area (TPSA) is 80.5 Å². The zero-order valence-electron chi connectivity index (χ0n) is 11.6. The van der Waals surface area contributed by atoms with Gasteiger partial charge in [0.2, 0.25) is 10.0 Å². The van der Waals surface area contributed by atoms with Crippen molar-refractivity contribution in [2.75, 3.05) is 13.1 Å². The van der Waals surface area contributed by atoms with Crippen LogP contribution in [0.5, 0.6) is 0 Å². The smallest absolute Gasteiger partial charge is 0.253 e. The van der Waals surface area contributed by atoms with Crippen molar-refractivity contribution in [2.24, 2.45) is 5.14 Å². The Morgan fingerprint density at radius 3 is 2.55 bits per heavy atom. The van der Waals surface area contributed by atoms with Gasteiger partial charge in [-0.3, -0.25) is 4.79 Å². The fraction of sp³-hybridized carbons (Fsp3) is 0.500. The first kappa shape index (κ1) is 15.0. The number of amides is 1. The lowest BCUT2D eigenvalue weighted by molar-refractivity contribution is 0.0727. The van der Waals surface area contributed by atoms with Crippen LogP contribution in [-0.2, 0) is 16.4 Å². The number of sulfonamides is 1. The van der Waals surface area contributed by atoms with Crippen LogP contribution in [0.4, 0.5) is 0 Å². The summed E-state index contributed by atoms with van der Waals surface area (Å²) in [6, 6.07) is 7.44. The molecule has 0 aromatic heterocycles. The number of hydrogen-bond donors (Lipinski definition) is 1. The lowest BCUT2D eigenvalue weighted by Crippen LogP contribution is -2.47. The predicted molar refractivity (Wildman–Crippen MR) is 77.9 cm³/mol. The number of nitrogens with two attached hydrogens (primary N) is 1. The second-order valence-corrected chi connectivity index (χ2v) is 7.00. The van der Waals surface area contributed by atoms with Crippen LogP contribution in [0.2, 0.25) is 0 Å². The number of carbonyl (C=O) groups excluding carboxylic acids is 1. The highest BCUT2D eigenvalue weighted by Gasteiger charge is 2.30. The molecular formula is C14H20N2O3S. The third kappa shape index (κ3) is 3.37. The molecule has 1 unspecified atom stereocenters. The van der Waals surface area contributed by atoms with E-state index in [1.165, 1.54) is 5.56 Å². The van der Waals surface area contributed by atoms with Gasteiger partial charge in [0, 0.05) is 18.7 Å². The standard InChI is InChI=1S/C14H20N2O3S/c1-2-11-5-7-12(8-6-11)14(17)16-9-3-4-13(10-16)20(15,18)19/h5-8,13H,2-4,9-10H2,1H3,(H2,15,18,19). The number of primary sulfonamides is 1. The van der Waals surface area contributed by atoms with Gasteiger partial charge in [-0.25, -0.2) is 13.6 Å². The predicted octanol–water partition coefficient (Wildman–Crippen LogP) is 1.14. The lowest BCUT2D eigenvalue weighted by atomic mass is 10.1. The maximum Gasteiger partial charge on any atom is 0.253 e. The molecule has 5 nitrogen and oxygen atoms in total. The molecule has 0 saturated carbocycles. The van der Waals surface area contributed by atoms with Crippen molar-refractivity contribution in [1.29, 1.82) is 0 Å². The van der Waals surface area contributed by atoms with Gasteiger partial charge in [0.05, 0.1) is 5.25 Å². The molecule has 1 aromatic rings. The molecule has 110 valence electrons. The highest BCUT2D eigenvalue weighted by Crippen LogP contribution is 2.18. The van der Waals surface area contributed by atoms with Gasteiger partial charge in [-0.2, -0.15) is 0 Å². The first-order valence-electron chi connectivity index (χ1n) is 6.81. The van der Waals surface area contributed by atoms with Crippen LogP contribution in [0, 0.1) is 0 Å². The Kier molecular flexibility index (Phi) is 4.45. The summed E-state index contributed by atoms with van der Waals surface area (Å²) in [4.78, 5) is 13.9. The van der Waals surface area contributed by atoms with Crippen LogP contribution in [0.25, 0.3) is 0 Å². The quantitative estimate of drug-likeness (QED) is 0.908. The van der Waals surface area contributed by atoms with E-state index in [9.17, 15) is 13.2 Å². The van der Waals surface area contributed by atoms with Crippen molar-refractivity contribution in [3.63, 3.8) is 0 Å². The minimum atomic E-state index is -3.58. The molecule has 1 heterocycles. The van der Waals surface area contributed by atoms with E-state index in [1.54, 1.807) is 17.0 Å². The van der Waals surface area contributed by atoms with E-state index >= 15 is 0 Å². The summed E-state index contributed by atoms with van der Waals surface area (Å²) >= 11 is 0. The molecular weight excluding hydrogens is 276 g/mol. The number of nitrogens with zero attached hydrogens (tertiary/aromatic N) is 1. The highest BCUT2D eigenvalue weighted by atomic mass is 32.2. The third-order valence-corrected chi connectivity index (χ3v) is 5.05. The second kappa shape index (κ2) is 5.93. The fourth-order valence-electron chi connectivity index (χ4n) is 2.46. The molecule has 1 amide bonds. The maximum absolute atomic E-state index is 12.4. The van der Waals surface area contributed by atoms with Gasteiger partial charge < -0.3 is 4.90 Å². The summed E-state index contributed by atoms with van der Waals surface area (Å²) in [5, 5.41) is 4.54. The summed E-state index contributed by atoms with van der Waals surface area (Å²) in [6.45, 7) is 2.83. The monoisotopic (exact) mass is 296 g/mol. The van der Waals surface area contributed by atoms with Crippen LogP contribution in [-0.4, -0.2) is 37.6 Å². The molecule has 1 atom stereocenters. The van der Waals surface area contributed by atoms with Crippen LogP contribution in [0.1, 0.15) is 35.7 Å². The molecule has 2 N–H and O–H groups in total. The summed E-state index contributed by atoms with van der Waals surface area (Å²) in [7, 11) is -3.58. The number of benzene rings is 1. The molecule has 0 radical (unpaired) electrons. The van der Waals surface area contributed by atoms with E-state index in [0.29, 0.717) is 24.9 Å². The molecule has 1 aliphatic rings. The minimum Gasteiger partial charge on any atom is -0.337 e. The summed E-state index contributed by atoms with van der Waals surface area (Å²) in [6.07, 6.45) is 2.11. The Bertz CT molecular complexity index is 581. The molecule has 1 fully saturated rings. The Labute approximate surface area is 119 Å².